The summed E-state index contributed by atoms with van der Waals surface area (Å²) in [5.74, 6) is 1.04. The Kier molecular flexibility index (Phi) is 4.25. The second-order valence-corrected chi connectivity index (χ2v) is 5.19. The van der Waals surface area contributed by atoms with Crippen molar-refractivity contribution in [2.75, 3.05) is 6.54 Å². The molecule has 1 saturated carbocycles. The second-order valence-electron chi connectivity index (χ2n) is 4.78. The van der Waals surface area contributed by atoms with Crippen molar-refractivity contribution in [3.8, 4) is 0 Å². The van der Waals surface area contributed by atoms with E-state index in [0.29, 0.717) is 6.04 Å². The molecule has 0 heterocycles. The van der Waals surface area contributed by atoms with E-state index in [-0.39, 0.29) is 0 Å². The van der Waals surface area contributed by atoms with Gasteiger partial charge in [-0.2, -0.15) is 0 Å². The van der Waals surface area contributed by atoms with Crippen molar-refractivity contribution in [3.05, 3.63) is 34.9 Å². The first-order valence-electron chi connectivity index (χ1n) is 6.25. The van der Waals surface area contributed by atoms with E-state index in [0.717, 1.165) is 17.5 Å². The molecule has 0 spiro atoms. The average molecular weight is 238 g/mol. The van der Waals surface area contributed by atoms with Gasteiger partial charge in [0.1, 0.15) is 0 Å². The van der Waals surface area contributed by atoms with Crippen LogP contribution < -0.4 is 5.32 Å². The Morgan fingerprint density at radius 1 is 1.38 bits per heavy atom. The lowest BCUT2D eigenvalue weighted by atomic mass is 10.1. The number of hydrogen-bond donors (Lipinski definition) is 1. The lowest BCUT2D eigenvalue weighted by Gasteiger charge is -2.15. The maximum atomic E-state index is 6.15. The lowest BCUT2D eigenvalue weighted by Crippen LogP contribution is -2.20. The summed E-state index contributed by atoms with van der Waals surface area (Å²) in [6.45, 7) is 3.28. The topological polar surface area (TPSA) is 12.0 Å². The molecule has 0 radical (unpaired) electrons. The Morgan fingerprint density at radius 2 is 2.12 bits per heavy atom. The molecule has 0 bridgehead atoms. The van der Waals surface area contributed by atoms with E-state index in [2.05, 4.69) is 18.3 Å². The van der Waals surface area contributed by atoms with Gasteiger partial charge >= 0.3 is 0 Å². The summed E-state index contributed by atoms with van der Waals surface area (Å²) in [5.41, 5.74) is 1.20. The normalized spacial score (nSPS) is 17.4. The van der Waals surface area contributed by atoms with Crippen molar-refractivity contribution in [1.82, 2.24) is 5.32 Å². The minimum absolute atomic E-state index is 0.355. The molecule has 2 heteroatoms. The van der Waals surface area contributed by atoms with E-state index in [1.807, 2.05) is 18.2 Å². The van der Waals surface area contributed by atoms with Gasteiger partial charge in [0.05, 0.1) is 0 Å². The summed E-state index contributed by atoms with van der Waals surface area (Å²) >= 11 is 6.15. The fourth-order valence-corrected chi connectivity index (χ4v) is 2.35. The third-order valence-electron chi connectivity index (χ3n) is 3.31. The molecule has 1 aliphatic rings. The fourth-order valence-electron chi connectivity index (χ4n) is 2.05. The molecular formula is C14H20ClN. The molecule has 1 nitrogen and oxygen atoms in total. The lowest BCUT2D eigenvalue weighted by molar-refractivity contribution is 0.533. The van der Waals surface area contributed by atoms with Crippen molar-refractivity contribution in [1.29, 1.82) is 0 Å². The zero-order chi connectivity index (χ0) is 11.4. The molecule has 1 fully saturated rings. The number of halogens is 1. The molecule has 1 atom stereocenters. The van der Waals surface area contributed by atoms with E-state index in [4.69, 9.17) is 11.6 Å². The fraction of sp³-hybridized carbons (Fsp3) is 0.571. The highest BCUT2D eigenvalue weighted by Gasteiger charge is 2.20. The quantitative estimate of drug-likeness (QED) is 0.732. The van der Waals surface area contributed by atoms with Gasteiger partial charge in [0.2, 0.25) is 0 Å². The van der Waals surface area contributed by atoms with Crippen LogP contribution in [0.1, 0.15) is 44.2 Å². The predicted molar refractivity (Wildman–Crippen MR) is 69.8 cm³/mol. The van der Waals surface area contributed by atoms with Gasteiger partial charge in [0.15, 0.2) is 0 Å². The van der Waals surface area contributed by atoms with Crippen LogP contribution >= 0.6 is 11.6 Å². The number of nitrogens with one attached hydrogen (secondary N) is 1. The van der Waals surface area contributed by atoms with Gasteiger partial charge in [-0.05, 0) is 43.9 Å². The van der Waals surface area contributed by atoms with Crippen LogP contribution in [0.15, 0.2) is 24.3 Å². The third kappa shape index (κ3) is 3.50. The van der Waals surface area contributed by atoms with E-state index >= 15 is 0 Å². The summed E-state index contributed by atoms with van der Waals surface area (Å²) in [7, 11) is 0. The highest BCUT2D eigenvalue weighted by atomic mass is 35.5. The van der Waals surface area contributed by atoms with Crippen molar-refractivity contribution < 1.29 is 0 Å². The van der Waals surface area contributed by atoms with Gasteiger partial charge in [-0.1, -0.05) is 42.6 Å². The van der Waals surface area contributed by atoms with Crippen LogP contribution in [0.5, 0.6) is 0 Å². The summed E-state index contributed by atoms with van der Waals surface area (Å²) in [4.78, 5) is 0. The molecule has 0 amide bonds. The van der Waals surface area contributed by atoms with E-state index in [1.54, 1.807) is 0 Å². The Labute approximate surface area is 103 Å². The van der Waals surface area contributed by atoms with Gasteiger partial charge in [-0.3, -0.25) is 0 Å². The van der Waals surface area contributed by atoms with Gasteiger partial charge in [-0.15, -0.1) is 0 Å². The SMILES string of the molecule is CC(NCCCC1CC1)c1ccccc1Cl. The zero-order valence-corrected chi connectivity index (χ0v) is 10.6. The monoisotopic (exact) mass is 237 g/mol. The van der Waals surface area contributed by atoms with E-state index in [9.17, 15) is 0 Å². The minimum atomic E-state index is 0.355. The molecule has 2 rings (SSSR count). The van der Waals surface area contributed by atoms with Crippen LogP contribution in [0.25, 0.3) is 0 Å². The van der Waals surface area contributed by atoms with Crippen LogP contribution in [0.4, 0.5) is 0 Å². The molecule has 16 heavy (non-hydrogen) atoms. The Balaban J connectivity index is 1.73. The number of hydrogen-bond acceptors (Lipinski definition) is 1. The summed E-state index contributed by atoms with van der Waals surface area (Å²) in [5, 5.41) is 4.40. The first-order valence-corrected chi connectivity index (χ1v) is 6.63. The number of rotatable bonds is 6. The highest BCUT2D eigenvalue weighted by molar-refractivity contribution is 6.31. The predicted octanol–water partition coefficient (Wildman–Crippen LogP) is 4.18. The standard InChI is InChI=1S/C14H20ClN/c1-11(13-6-2-3-7-14(13)15)16-10-4-5-12-8-9-12/h2-3,6-7,11-12,16H,4-5,8-10H2,1H3. The maximum absolute atomic E-state index is 6.15. The first kappa shape index (κ1) is 11.9. The maximum Gasteiger partial charge on any atom is 0.0453 e. The largest absolute Gasteiger partial charge is 0.310 e. The molecule has 1 aliphatic carbocycles. The van der Waals surface area contributed by atoms with E-state index < -0.39 is 0 Å². The van der Waals surface area contributed by atoms with Gasteiger partial charge in [0, 0.05) is 11.1 Å². The summed E-state index contributed by atoms with van der Waals surface area (Å²) in [6.07, 6.45) is 5.60. The van der Waals surface area contributed by atoms with Crippen LogP contribution in [0.2, 0.25) is 5.02 Å². The Morgan fingerprint density at radius 3 is 2.81 bits per heavy atom. The minimum Gasteiger partial charge on any atom is -0.310 e. The van der Waals surface area contributed by atoms with Gasteiger partial charge < -0.3 is 5.32 Å². The molecule has 1 aromatic rings. The summed E-state index contributed by atoms with van der Waals surface area (Å²) in [6, 6.07) is 8.43. The van der Waals surface area contributed by atoms with Crippen molar-refractivity contribution in [3.63, 3.8) is 0 Å². The molecule has 0 aliphatic heterocycles. The summed E-state index contributed by atoms with van der Waals surface area (Å²) < 4.78 is 0. The van der Waals surface area contributed by atoms with Crippen molar-refractivity contribution >= 4 is 11.6 Å². The highest BCUT2D eigenvalue weighted by Crippen LogP contribution is 2.33. The van der Waals surface area contributed by atoms with Crippen LogP contribution in [-0.4, -0.2) is 6.54 Å². The van der Waals surface area contributed by atoms with Crippen LogP contribution in [-0.2, 0) is 0 Å². The first-order chi connectivity index (χ1) is 7.77. The smallest absolute Gasteiger partial charge is 0.0453 e. The molecule has 0 aromatic heterocycles. The molecular weight excluding hydrogens is 218 g/mol. The second kappa shape index (κ2) is 5.70. The molecule has 88 valence electrons. The Bertz CT molecular complexity index is 333. The molecule has 1 N–H and O–H groups in total. The van der Waals surface area contributed by atoms with Gasteiger partial charge in [0.25, 0.3) is 0 Å². The van der Waals surface area contributed by atoms with Gasteiger partial charge in [-0.25, -0.2) is 0 Å². The van der Waals surface area contributed by atoms with Crippen LogP contribution in [0.3, 0.4) is 0 Å². The van der Waals surface area contributed by atoms with Crippen molar-refractivity contribution in [2.45, 2.75) is 38.6 Å². The van der Waals surface area contributed by atoms with Crippen molar-refractivity contribution in [2.24, 2.45) is 5.92 Å². The Hall–Kier alpha value is -0.530. The van der Waals surface area contributed by atoms with E-state index in [1.165, 1.54) is 31.2 Å². The van der Waals surface area contributed by atoms with Crippen LogP contribution in [0, 0.1) is 5.92 Å². The third-order valence-corrected chi connectivity index (χ3v) is 3.65. The average Bonchev–Trinajstić information content (AvgIpc) is 3.08. The molecule has 0 saturated heterocycles. The number of benzene rings is 1. The molecule has 1 aromatic carbocycles. The zero-order valence-electron chi connectivity index (χ0n) is 9.88. The molecule has 1 unspecified atom stereocenters.